The van der Waals surface area contributed by atoms with Gasteiger partial charge in [0.05, 0.1) is 10.9 Å². The standard InChI is InChI=1S/C14H14BrFN4OS/c1-3-6-20-8-17-19-14(20)22-9(2)13(21)18-12-5-4-10(15)7-11(12)16/h3-5,7-9H,1,6H2,2H3,(H,18,21). The molecule has 1 aromatic carbocycles. The van der Waals surface area contributed by atoms with Crippen LogP contribution in [0.2, 0.25) is 0 Å². The SMILES string of the molecule is C=CCn1cnnc1SC(C)C(=O)Nc1ccc(Br)cc1F. The molecule has 0 aliphatic rings. The minimum Gasteiger partial charge on any atom is -0.323 e. The minimum absolute atomic E-state index is 0.146. The largest absolute Gasteiger partial charge is 0.323 e. The van der Waals surface area contributed by atoms with E-state index < -0.39 is 11.1 Å². The van der Waals surface area contributed by atoms with Gasteiger partial charge in [0.1, 0.15) is 12.1 Å². The van der Waals surface area contributed by atoms with Gasteiger partial charge in [-0.15, -0.1) is 16.8 Å². The maximum Gasteiger partial charge on any atom is 0.237 e. The van der Waals surface area contributed by atoms with Crippen molar-refractivity contribution in [3.05, 3.63) is 47.5 Å². The number of carbonyl (C=O) groups excluding carboxylic acids is 1. The smallest absolute Gasteiger partial charge is 0.237 e. The summed E-state index contributed by atoms with van der Waals surface area (Å²) >= 11 is 4.42. The van der Waals surface area contributed by atoms with Gasteiger partial charge in [0.15, 0.2) is 5.16 Å². The van der Waals surface area contributed by atoms with Gasteiger partial charge in [-0.05, 0) is 25.1 Å². The Morgan fingerprint density at radius 3 is 3.09 bits per heavy atom. The molecule has 1 heterocycles. The molecule has 1 unspecified atom stereocenters. The summed E-state index contributed by atoms with van der Waals surface area (Å²) in [6, 6.07) is 4.47. The quantitative estimate of drug-likeness (QED) is 0.611. The number of allylic oxidation sites excluding steroid dienone is 1. The van der Waals surface area contributed by atoms with Gasteiger partial charge in [0.2, 0.25) is 5.91 Å². The molecule has 1 N–H and O–H groups in total. The van der Waals surface area contributed by atoms with E-state index in [2.05, 4.69) is 38.0 Å². The number of thioether (sulfide) groups is 1. The van der Waals surface area contributed by atoms with Gasteiger partial charge in [0.25, 0.3) is 0 Å². The lowest BCUT2D eigenvalue weighted by Gasteiger charge is -2.12. The van der Waals surface area contributed by atoms with Crippen LogP contribution in [0.5, 0.6) is 0 Å². The molecular formula is C14H14BrFN4OS. The molecule has 22 heavy (non-hydrogen) atoms. The normalized spacial score (nSPS) is 12.0. The highest BCUT2D eigenvalue weighted by atomic mass is 79.9. The Morgan fingerprint density at radius 1 is 1.64 bits per heavy atom. The van der Waals surface area contributed by atoms with E-state index in [9.17, 15) is 9.18 Å². The Bertz CT molecular complexity index is 691. The summed E-state index contributed by atoms with van der Waals surface area (Å²) in [7, 11) is 0. The maximum absolute atomic E-state index is 13.7. The van der Waals surface area contributed by atoms with E-state index in [0.29, 0.717) is 16.2 Å². The van der Waals surface area contributed by atoms with Gasteiger partial charge in [-0.1, -0.05) is 33.8 Å². The van der Waals surface area contributed by atoms with Crippen molar-refractivity contribution in [2.45, 2.75) is 23.9 Å². The average Bonchev–Trinajstić information content (AvgIpc) is 2.89. The van der Waals surface area contributed by atoms with E-state index in [4.69, 9.17) is 0 Å². The number of carbonyl (C=O) groups is 1. The summed E-state index contributed by atoms with van der Waals surface area (Å²) in [4.78, 5) is 12.2. The average molecular weight is 385 g/mol. The third-order valence-electron chi connectivity index (χ3n) is 2.75. The molecule has 0 saturated carbocycles. The number of hydrogen-bond acceptors (Lipinski definition) is 4. The Hall–Kier alpha value is -1.67. The van der Waals surface area contributed by atoms with Crippen LogP contribution in [-0.4, -0.2) is 25.9 Å². The first-order valence-electron chi connectivity index (χ1n) is 6.42. The monoisotopic (exact) mass is 384 g/mol. The van der Waals surface area contributed by atoms with E-state index in [1.54, 1.807) is 30.0 Å². The fourth-order valence-corrected chi connectivity index (χ4v) is 2.80. The van der Waals surface area contributed by atoms with Crippen molar-refractivity contribution < 1.29 is 9.18 Å². The number of hydrogen-bond donors (Lipinski definition) is 1. The predicted octanol–water partition coefficient (Wildman–Crippen LogP) is 3.49. The molecule has 0 radical (unpaired) electrons. The molecule has 0 saturated heterocycles. The minimum atomic E-state index is -0.491. The molecule has 2 aromatic rings. The zero-order valence-electron chi connectivity index (χ0n) is 11.8. The fraction of sp³-hybridized carbons (Fsp3) is 0.214. The summed E-state index contributed by atoms with van der Waals surface area (Å²) in [6.07, 6.45) is 3.29. The Morgan fingerprint density at radius 2 is 2.41 bits per heavy atom. The van der Waals surface area contributed by atoms with Crippen molar-refractivity contribution in [2.24, 2.45) is 0 Å². The molecule has 116 valence electrons. The van der Waals surface area contributed by atoms with Crippen LogP contribution in [-0.2, 0) is 11.3 Å². The molecule has 0 fully saturated rings. The predicted molar refractivity (Wildman–Crippen MR) is 88.3 cm³/mol. The van der Waals surface area contributed by atoms with Crippen LogP contribution in [0.25, 0.3) is 0 Å². The third kappa shape index (κ3) is 4.17. The molecule has 8 heteroatoms. The van der Waals surface area contributed by atoms with Crippen molar-refractivity contribution in [3.8, 4) is 0 Å². The van der Waals surface area contributed by atoms with Crippen LogP contribution < -0.4 is 5.32 Å². The topological polar surface area (TPSA) is 59.8 Å². The Balaban J connectivity index is 2.02. The zero-order chi connectivity index (χ0) is 16.1. The van der Waals surface area contributed by atoms with Crippen LogP contribution in [0.3, 0.4) is 0 Å². The van der Waals surface area contributed by atoms with Gasteiger partial charge in [-0.3, -0.25) is 4.79 Å². The van der Waals surface area contributed by atoms with Crippen molar-refractivity contribution in [1.29, 1.82) is 0 Å². The molecule has 1 atom stereocenters. The highest BCUT2D eigenvalue weighted by molar-refractivity contribution is 9.10. The summed E-state index contributed by atoms with van der Waals surface area (Å²) in [5.74, 6) is -0.797. The van der Waals surface area contributed by atoms with Gasteiger partial charge in [0, 0.05) is 11.0 Å². The molecule has 0 aliphatic heterocycles. The number of aromatic nitrogens is 3. The number of benzene rings is 1. The van der Waals surface area contributed by atoms with Crippen LogP contribution >= 0.6 is 27.7 Å². The molecule has 0 aliphatic carbocycles. The second kappa shape index (κ2) is 7.55. The maximum atomic E-state index is 13.7. The van der Waals surface area contributed by atoms with Crippen molar-refractivity contribution >= 4 is 39.3 Å². The fourth-order valence-electron chi connectivity index (χ4n) is 1.64. The summed E-state index contributed by atoms with van der Waals surface area (Å²) in [6.45, 7) is 5.94. The number of anilines is 1. The van der Waals surface area contributed by atoms with E-state index in [-0.39, 0.29) is 11.6 Å². The third-order valence-corrected chi connectivity index (χ3v) is 4.33. The van der Waals surface area contributed by atoms with Gasteiger partial charge >= 0.3 is 0 Å². The highest BCUT2D eigenvalue weighted by Gasteiger charge is 2.19. The first kappa shape index (κ1) is 16.7. The van der Waals surface area contributed by atoms with E-state index >= 15 is 0 Å². The second-order valence-electron chi connectivity index (χ2n) is 4.43. The van der Waals surface area contributed by atoms with Crippen LogP contribution in [0.1, 0.15) is 6.92 Å². The number of nitrogens with zero attached hydrogens (tertiary/aromatic N) is 3. The lowest BCUT2D eigenvalue weighted by Crippen LogP contribution is -2.23. The second-order valence-corrected chi connectivity index (χ2v) is 6.65. The van der Waals surface area contributed by atoms with Gasteiger partial charge < -0.3 is 9.88 Å². The molecule has 5 nitrogen and oxygen atoms in total. The van der Waals surface area contributed by atoms with Gasteiger partial charge in [-0.2, -0.15) is 0 Å². The number of amides is 1. The Kier molecular flexibility index (Phi) is 5.73. The van der Waals surface area contributed by atoms with Crippen molar-refractivity contribution in [1.82, 2.24) is 14.8 Å². The number of nitrogens with one attached hydrogen (secondary N) is 1. The first-order chi connectivity index (χ1) is 10.5. The molecule has 2 rings (SSSR count). The first-order valence-corrected chi connectivity index (χ1v) is 8.09. The molecule has 1 aromatic heterocycles. The van der Waals surface area contributed by atoms with E-state index in [1.165, 1.54) is 23.9 Å². The lowest BCUT2D eigenvalue weighted by atomic mass is 10.3. The highest BCUT2D eigenvalue weighted by Crippen LogP contribution is 2.24. The molecule has 0 bridgehead atoms. The molecule has 0 spiro atoms. The van der Waals surface area contributed by atoms with Crippen LogP contribution in [0, 0.1) is 5.82 Å². The number of halogens is 2. The van der Waals surface area contributed by atoms with Gasteiger partial charge in [-0.25, -0.2) is 4.39 Å². The van der Waals surface area contributed by atoms with Crippen molar-refractivity contribution in [3.63, 3.8) is 0 Å². The van der Waals surface area contributed by atoms with E-state index in [1.807, 2.05) is 0 Å². The lowest BCUT2D eigenvalue weighted by molar-refractivity contribution is -0.115. The Labute approximate surface area is 140 Å². The van der Waals surface area contributed by atoms with Crippen LogP contribution in [0.4, 0.5) is 10.1 Å². The van der Waals surface area contributed by atoms with Crippen molar-refractivity contribution in [2.75, 3.05) is 5.32 Å². The summed E-state index contributed by atoms with van der Waals surface area (Å²) < 4.78 is 16.1. The zero-order valence-corrected chi connectivity index (χ0v) is 14.2. The van der Waals surface area contributed by atoms with E-state index in [0.717, 1.165) is 0 Å². The molecular weight excluding hydrogens is 371 g/mol. The summed E-state index contributed by atoms with van der Waals surface area (Å²) in [5, 5.41) is 10.5. The van der Waals surface area contributed by atoms with Crippen LogP contribution in [0.15, 0.2) is 46.8 Å². The number of rotatable bonds is 6. The molecule has 1 amide bonds. The summed E-state index contributed by atoms with van der Waals surface area (Å²) in [5.41, 5.74) is 0.146.